The average molecular weight is 397 g/mol. The molecule has 0 fully saturated rings. The van der Waals surface area contributed by atoms with E-state index in [2.05, 4.69) is 11.9 Å². The van der Waals surface area contributed by atoms with Crippen LogP contribution in [0.3, 0.4) is 0 Å². The third kappa shape index (κ3) is 3.19. The first-order valence-corrected chi connectivity index (χ1v) is 9.66. The molecule has 0 bridgehead atoms. The van der Waals surface area contributed by atoms with Crippen LogP contribution in [0.2, 0.25) is 5.02 Å². The Morgan fingerprint density at radius 1 is 1.18 bits per heavy atom. The summed E-state index contributed by atoms with van der Waals surface area (Å²) in [7, 11) is 1.66. The van der Waals surface area contributed by atoms with E-state index in [1.807, 2.05) is 36.5 Å². The minimum atomic E-state index is -0.0652. The van der Waals surface area contributed by atoms with Crippen LogP contribution in [0.25, 0.3) is 27.7 Å². The summed E-state index contributed by atoms with van der Waals surface area (Å²) in [5, 5.41) is 6.00. The highest BCUT2D eigenvalue weighted by Crippen LogP contribution is 2.30. The number of hydrogen-bond acceptors (Lipinski definition) is 4. The van der Waals surface area contributed by atoms with Crippen molar-refractivity contribution in [2.45, 2.75) is 26.3 Å². The van der Waals surface area contributed by atoms with E-state index in [-0.39, 0.29) is 5.56 Å². The van der Waals surface area contributed by atoms with Crippen LogP contribution < -0.4 is 5.56 Å². The number of fused-ring (bicyclic) bond motifs is 3. The molecule has 4 rings (SSSR count). The van der Waals surface area contributed by atoms with Crippen molar-refractivity contribution in [2.24, 2.45) is 0 Å². The van der Waals surface area contributed by atoms with Gasteiger partial charge in [-0.05, 0) is 36.6 Å². The minimum absolute atomic E-state index is 0.0652. The Morgan fingerprint density at radius 2 is 1.96 bits per heavy atom. The lowest BCUT2D eigenvalue weighted by Gasteiger charge is -2.08. The molecule has 3 aromatic heterocycles. The van der Waals surface area contributed by atoms with Gasteiger partial charge in [0.15, 0.2) is 5.65 Å². The fraction of sp³-hybridized carbons (Fsp3) is 0.286. The monoisotopic (exact) mass is 396 g/mol. The Balaban J connectivity index is 1.90. The predicted octanol–water partition coefficient (Wildman–Crippen LogP) is 3.96. The predicted molar refractivity (Wildman–Crippen MR) is 111 cm³/mol. The van der Waals surface area contributed by atoms with Gasteiger partial charge in [0.25, 0.3) is 5.56 Å². The largest absolute Gasteiger partial charge is 0.385 e. The van der Waals surface area contributed by atoms with Crippen molar-refractivity contribution >= 4 is 28.2 Å². The summed E-state index contributed by atoms with van der Waals surface area (Å²) in [6.07, 6.45) is 5.01. The zero-order valence-corrected chi connectivity index (χ0v) is 16.6. The Hall–Kier alpha value is -2.70. The van der Waals surface area contributed by atoms with Gasteiger partial charge in [-0.2, -0.15) is 5.10 Å². The molecule has 0 unspecified atom stereocenters. The van der Waals surface area contributed by atoms with Gasteiger partial charge in [-0.1, -0.05) is 30.7 Å². The molecule has 3 heterocycles. The molecule has 1 aromatic carbocycles. The van der Waals surface area contributed by atoms with Crippen LogP contribution >= 0.6 is 11.6 Å². The molecular weight excluding hydrogens is 376 g/mol. The van der Waals surface area contributed by atoms with Gasteiger partial charge in [0.2, 0.25) is 0 Å². The van der Waals surface area contributed by atoms with E-state index in [0.717, 1.165) is 40.8 Å². The van der Waals surface area contributed by atoms with Gasteiger partial charge in [0.05, 0.1) is 16.6 Å². The average Bonchev–Trinajstić information content (AvgIpc) is 3.09. The summed E-state index contributed by atoms with van der Waals surface area (Å²) < 4.78 is 8.55. The molecule has 4 aromatic rings. The highest BCUT2D eigenvalue weighted by molar-refractivity contribution is 6.30. The second kappa shape index (κ2) is 7.73. The Kier molecular flexibility index (Phi) is 5.15. The molecule has 0 aliphatic rings. The van der Waals surface area contributed by atoms with Crippen molar-refractivity contribution in [1.82, 2.24) is 19.2 Å². The smallest absolute Gasteiger partial charge is 0.261 e. The lowest BCUT2D eigenvalue weighted by Crippen LogP contribution is -2.21. The summed E-state index contributed by atoms with van der Waals surface area (Å²) in [6, 6.07) is 9.59. The van der Waals surface area contributed by atoms with Gasteiger partial charge in [-0.25, -0.2) is 9.50 Å². The fourth-order valence-electron chi connectivity index (χ4n) is 3.47. The van der Waals surface area contributed by atoms with Gasteiger partial charge < -0.3 is 9.30 Å². The van der Waals surface area contributed by atoms with E-state index in [9.17, 15) is 4.79 Å². The van der Waals surface area contributed by atoms with E-state index in [4.69, 9.17) is 21.4 Å². The number of aromatic nitrogens is 4. The maximum Gasteiger partial charge on any atom is 0.261 e. The third-order valence-corrected chi connectivity index (χ3v) is 5.12. The molecule has 6 nitrogen and oxygen atoms in total. The molecule has 28 heavy (non-hydrogen) atoms. The second-order valence-electron chi connectivity index (χ2n) is 6.64. The number of pyridine rings is 1. The lowest BCUT2D eigenvalue weighted by atomic mass is 10.0. The van der Waals surface area contributed by atoms with Crippen molar-refractivity contribution in [3.63, 3.8) is 0 Å². The zero-order valence-electron chi connectivity index (χ0n) is 15.9. The normalized spacial score (nSPS) is 11.5. The first kappa shape index (κ1) is 18.7. The number of halogens is 1. The van der Waals surface area contributed by atoms with Crippen LogP contribution in [0.1, 0.15) is 19.0 Å². The van der Waals surface area contributed by atoms with Crippen molar-refractivity contribution < 1.29 is 4.74 Å². The van der Waals surface area contributed by atoms with Crippen LogP contribution in [-0.4, -0.2) is 32.9 Å². The number of rotatable bonds is 6. The number of hydrogen-bond donors (Lipinski definition) is 0. The summed E-state index contributed by atoms with van der Waals surface area (Å²) in [6.45, 7) is 3.29. The molecule has 0 radical (unpaired) electrons. The highest BCUT2D eigenvalue weighted by atomic mass is 35.5. The van der Waals surface area contributed by atoms with E-state index in [1.165, 1.54) is 0 Å². The number of ether oxygens (including phenoxy) is 1. The number of nitrogens with zero attached hydrogens (tertiary/aromatic N) is 4. The molecule has 0 aliphatic carbocycles. The zero-order chi connectivity index (χ0) is 19.7. The Labute approximate surface area is 167 Å². The molecule has 144 valence electrons. The molecule has 0 spiro atoms. The van der Waals surface area contributed by atoms with E-state index in [0.29, 0.717) is 23.6 Å². The molecule has 0 N–H and O–H groups in total. The number of methoxy groups -OCH3 is 1. The van der Waals surface area contributed by atoms with E-state index >= 15 is 0 Å². The maximum atomic E-state index is 12.9. The molecule has 0 aliphatic heterocycles. The van der Waals surface area contributed by atoms with E-state index in [1.54, 1.807) is 22.4 Å². The first-order chi connectivity index (χ1) is 13.6. The van der Waals surface area contributed by atoms with Gasteiger partial charge in [0, 0.05) is 43.2 Å². The number of aryl methyl sites for hydroxylation is 2. The highest BCUT2D eigenvalue weighted by Gasteiger charge is 2.17. The molecule has 7 heteroatoms. The standard InChI is InChI=1S/C21H21ClN4O2/c1-3-17-19(14-5-7-15(22)8-6-14)20-23-13-16-18(26(20)24-17)9-11-25(21(16)27)10-4-12-28-2/h5-9,11,13H,3-4,10,12H2,1-2H3. The van der Waals surface area contributed by atoms with Gasteiger partial charge >= 0.3 is 0 Å². The quantitative estimate of drug-likeness (QED) is 0.463. The van der Waals surface area contributed by atoms with Crippen molar-refractivity contribution in [2.75, 3.05) is 13.7 Å². The van der Waals surface area contributed by atoms with Crippen molar-refractivity contribution in [3.05, 3.63) is 63.8 Å². The summed E-state index contributed by atoms with van der Waals surface area (Å²) in [5.41, 5.74) is 4.36. The first-order valence-electron chi connectivity index (χ1n) is 9.28. The van der Waals surface area contributed by atoms with Crippen molar-refractivity contribution in [1.29, 1.82) is 0 Å². The van der Waals surface area contributed by atoms with Crippen molar-refractivity contribution in [3.8, 4) is 11.1 Å². The SMILES string of the molecule is CCc1nn2c(ncc3c(=O)n(CCCOC)ccc32)c1-c1ccc(Cl)cc1. The van der Waals surface area contributed by atoms with E-state index < -0.39 is 0 Å². The summed E-state index contributed by atoms with van der Waals surface area (Å²) in [4.78, 5) is 17.5. The Bertz CT molecular complexity index is 1200. The van der Waals surface area contributed by atoms with Crippen LogP contribution in [0.5, 0.6) is 0 Å². The maximum absolute atomic E-state index is 12.9. The minimum Gasteiger partial charge on any atom is -0.385 e. The number of benzene rings is 1. The fourth-order valence-corrected chi connectivity index (χ4v) is 3.60. The van der Waals surface area contributed by atoms with Gasteiger partial charge in [-0.15, -0.1) is 0 Å². The van der Waals surface area contributed by atoms with Crippen LogP contribution in [0.4, 0.5) is 0 Å². The van der Waals surface area contributed by atoms with Gasteiger partial charge in [0.1, 0.15) is 0 Å². The molecular formula is C21H21ClN4O2. The van der Waals surface area contributed by atoms with Gasteiger partial charge in [-0.3, -0.25) is 4.79 Å². The topological polar surface area (TPSA) is 61.4 Å². The lowest BCUT2D eigenvalue weighted by molar-refractivity contribution is 0.190. The molecule has 0 amide bonds. The van der Waals surface area contributed by atoms with Crippen LogP contribution in [0.15, 0.2) is 47.5 Å². The second-order valence-corrected chi connectivity index (χ2v) is 7.07. The summed E-state index contributed by atoms with van der Waals surface area (Å²) in [5.74, 6) is 0. The summed E-state index contributed by atoms with van der Waals surface area (Å²) >= 11 is 6.04. The Morgan fingerprint density at radius 3 is 2.68 bits per heavy atom. The third-order valence-electron chi connectivity index (χ3n) is 4.87. The molecule has 0 atom stereocenters. The molecule has 0 saturated heterocycles. The van der Waals surface area contributed by atoms with Crippen LogP contribution in [-0.2, 0) is 17.7 Å². The van der Waals surface area contributed by atoms with Crippen LogP contribution in [0, 0.1) is 0 Å². The molecule has 0 saturated carbocycles.